The summed E-state index contributed by atoms with van der Waals surface area (Å²) < 4.78 is 0. The Morgan fingerprint density at radius 3 is 2.55 bits per heavy atom. The second-order valence-corrected chi connectivity index (χ2v) is 5.28. The van der Waals surface area contributed by atoms with Crippen LogP contribution in [0, 0.1) is 5.92 Å². The van der Waals surface area contributed by atoms with E-state index in [1.54, 1.807) is 0 Å². The predicted octanol–water partition coefficient (Wildman–Crippen LogP) is -0.803. The van der Waals surface area contributed by atoms with Crippen LogP contribution in [0.25, 0.3) is 0 Å². The molecular weight excluding hydrogens is 290 g/mol. The van der Waals surface area contributed by atoms with E-state index in [1.165, 1.54) is 20.3 Å². The third-order valence-corrected chi connectivity index (χ3v) is 3.68. The Morgan fingerprint density at radius 2 is 1.91 bits per heavy atom. The first-order chi connectivity index (χ1) is 10.4. The molecular formula is C13H19N5O4. The molecule has 2 rings (SSSR count). The van der Waals surface area contributed by atoms with Crippen molar-refractivity contribution in [1.82, 2.24) is 20.3 Å². The van der Waals surface area contributed by atoms with Crippen LogP contribution in [0.1, 0.15) is 19.8 Å². The zero-order valence-corrected chi connectivity index (χ0v) is 12.8. The molecule has 9 nitrogen and oxygen atoms in total. The van der Waals surface area contributed by atoms with Crippen molar-refractivity contribution in [2.45, 2.75) is 25.8 Å². The van der Waals surface area contributed by atoms with Crippen molar-refractivity contribution in [1.29, 1.82) is 0 Å². The van der Waals surface area contributed by atoms with Gasteiger partial charge in [-0.05, 0) is 6.42 Å². The van der Waals surface area contributed by atoms with Crippen LogP contribution in [0.5, 0.6) is 0 Å². The van der Waals surface area contributed by atoms with Crippen LogP contribution in [0.15, 0.2) is 5.10 Å². The summed E-state index contributed by atoms with van der Waals surface area (Å²) in [6, 6.07) is -1.48. The van der Waals surface area contributed by atoms with Crippen LogP contribution in [-0.4, -0.2) is 71.4 Å². The van der Waals surface area contributed by atoms with E-state index in [9.17, 15) is 19.2 Å². The van der Waals surface area contributed by atoms with E-state index in [0.29, 0.717) is 6.42 Å². The highest BCUT2D eigenvalue weighted by Crippen LogP contribution is 2.18. The summed E-state index contributed by atoms with van der Waals surface area (Å²) in [6.45, 7) is 2.23. The monoisotopic (exact) mass is 309 g/mol. The number of hydrogen-bond donors (Lipinski definition) is 1. The molecule has 2 atom stereocenters. The van der Waals surface area contributed by atoms with Crippen LogP contribution >= 0.6 is 0 Å². The molecule has 0 aliphatic carbocycles. The number of rotatable bonds is 4. The summed E-state index contributed by atoms with van der Waals surface area (Å²) in [7, 11) is 2.84. The molecule has 0 aromatic carbocycles. The molecule has 0 aromatic rings. The number of likely N-dealkylation sites (N-methyl/N-ethyl adjacent to an activating group) is 1. The van der Waals surface area contributed by atoms with Crippen molar-refractivity contribution in [2.24, 2.45) is 11.0 Å². The van der Waals surface area contributed by atoms with Gasteiger partial charge in [-0.15, -0.1) is 0 Å². The zero-order chi connectivity index (χ0) is 16.4. The number of hydrazone groups is 1. The van der Waals surface area contributed by atoms with Gasteiger partial charge in [0.05, 0.1) is 5.92 Å². The first-order valence-corrected chi connectivity index (χ1v) is 7.09. The lowest BCUT2D eigenvalue weighted by Gasteiger charge is -2.39. The average molecular weight is 309 g/mol. The molecule has 1 saturated heterocycles. The summed E-state index contributed by atoms with van der Waals surface area (Å²) in [5.74, 6) is -3.03. The Morgan fingerprint density at radius 1 is 1.23 bits per heavy atom. The van der Waals surface area contributed by atoms with E-state index in [2.05, 4.69) is 10.5 Å². The fourth-order valence-corrected chi connectivity index (χ4v) is 2.35. The minimum absolute atomic E-state index is 0.280. The molecule has 9 heteroatoms. The number of carbonyl (C=O) groups excluding carboxylic acids is 4. The Labute approximate surface area is 127 Å². The molecule has 0 bridgehead atoms. The Balaban J connectivity index is 2.25. The van der Waals surface area contributed by atoms with Crippen molar-refractivity contribution in [3.05, 3.63) is 0 Å². The largest absolute Gasteiger partial charge is 0.340 e. The molecule has 2 heterocycles. The number of unbranched alkanes of at least 4 members (excludes halogenated alkanes) is 1. The van der Waals surface area contributed by atoms with Crippen molar-refractivity contribution >= 4 is 29.8 Å². The molecule has 22 heavy (non-hydrogen) atoms. The molecule has 2 aliphatic rings. The third-order valence-electron chi connectivity index (χ3n) is 3.68. The van der Waals surface area contributed by atoms with E-state index in [4.69, 9.17) is 0 Å². The van der Waals surface area contributed by atoms with Crippen molar-refractivity contribution in [3.63, 3.8) is 0 Å². The van der Waals surface area contributed by atoms with Crippen LogP contribution in [-0.2, 0) is 14.4 Å². The molecule has 0 spiro atoms. The standard InChI is InChI=1S/C13H19N5O4/c1-4-5-6-18-11(20)9(15-17(3)13(18)22)8-7-14-16(2)12(21)10(8)19/h7-9,15H,4-6H2,1-3H3. The number of hydrazine groups is 1. The highest BCUT2D eigenvalue weighted by molar-refractivity contribution is 6.41. The van der Waals surface area contributed by atoms with Gasteiger partial charge in [0.2, 0.25) is 5.78 Å². The van der Waals surface area contributed by atoms with E-state index in [1.807, 2.05) is 6.92 Å². The smallest absolute Gasteiger partial charge is 0.288 e. The normalized spacial score (nSPS) is 26.2. The lowest BCUT2D eigenvalue weighted by Crippen LogP contribution is -2.68. The Bertz CT molecular complexity index is 547. The number of hydrogen-bond acceptors (Lipinski definition) is 6. The van der Waals surface area contributed by atoms with Crippen molar-refractivity contribution in [3.8, 4) is 0 Å². The lowest BCUT2D eigenvalue weighted by molar-refractivity contribution is -0.148. The second kappa shape index (κ2) is 6.22. The summed E-state index contributed by atoms with van der Waals surface area (Å²) in [4.78, 5) is 49.5. The van der Waals surface area contributed by atoms with E-state index >= 15 is 0 Å². The highest BCUT2D eigenvalue weighted by Gasteiger charge is 2.46. The lowest BCUT2D eigenvalue weighted by atomic mass is 9.93. The fourth-order valence-electron chi connectivity index (χ4n) is 2.35. The molecule has 2 unspecified atom stereocenters. The van der Waals surface area contributed by atoms with Gasteiger partial charge in [-0.2, -0.15) is 5.10 Å². The number of urea groups is 1. The van der Waals surface area contributed by atoms with Crippen molar-refractivity contribution in [2.75, 3.05) is 20.6 Å². The minimum atomic E-state index is -1.02. The first kappa shape index (κ1) is 16.1. The number of imide groups is 1. The molecule has 0 aromatic heterocycles. The van der Waals surface area contributed by atoms with Crippen LogP contribution < -0.4 is 5.43 Å². The number of amides is 4. The van der Waals surface area contributed by atoms with Crippen LogP contribution in [0.3, 0.4) is 0 Å². The molecule has 0 saturated carbocycles. The topological polar surface area (TPSA) is 102 Å². The first-order valence-electron chi connectivity index (χ1n) is 7.09. The average Bonchev–Trinajstić information content (AvgIpc) is 2.49. The maximum Gasteiger partial charge on any atom is 0.340 e. The van der Waals surface area contributed by atoms with Gasteiger partial charge in [0.15, 0.2) is 0 Å². The van der Waals surface area contributed by atoms with Gasteiger partial charge >= 0.3 is 11.9 Å². The summed E-state index contributed by atoms with van der Waals surface area (Å²) in [5, 5.41) is 5.89. The fraction of sp³-hybridized carbons (Fsp3) is 0.615. The molecule has 2 aliphatic heterocycles. The van der Waals surface area contributed by atoms with Gasteiger partial charge in [-0.3, -0.25) is 24.3 Å². The second-order valence-electron chi connectivity index (χ2n) is 5.28. The van der Waals surface area contributed by atoms with Crippen LogP contribution in [0.2, 0.25) is 0 Å². The maximum atomic E-state index is 12.5. The predicted molar refractivity (Wildman–Crippen MR) is 76.5 cm³/mol. The minimum Gasteiger partial charge on any atom is -0.288 e. The molecule has 4 amide bonds. The third kappa shape index (κ3) is 2.71. The van der Waals surface area contributed by atoms with E-state index in [0.717, 1.165) is 21.3 Å². The molecule has 120 valence electrons. The van der Waals surface area contributed by atoms with Crippen LogP contribution in [0.4, 0.5) is 4.79 Å². The molecule has 1 N–H and O–H groups in total. The Kier molecular flexibility index (Phi) is 4.55. The number of nitrogens with zero attached hydrogens (tertiary/aromatic N) is 4. The van der Waals surface area contributed by atoms with Gasteiger partial charge in [-0.25, -0.2) is 15.2 Å². The van der Waals surface area contributed by atoms with Gasteiger partial charge in [0.25, 0.3) is 5.91 Å². The van der Waals surface area contributed by atoms with E-state index in [-0.39, 0.29) is 6.54 Å². The van der Waals surface area contributed by atoms with Gasteiger partial charge in [0, 0.05) is 26.9 Å². The van der Waals surface area contributed by atoms with E-state index < -0.39 is 35.6 Å². The SMILES string of the molecule is CCCCN1C(=O)C(C2C=NN(C)C(=O)C2=O)NN(C)C1=O. The highest BCUT2D eigenvalue weighted by atomic mass is 16.2. The number of Topliss-reactive ketones (excluding diaryl/α,β-unsaturated/α-hetero) is 1. The van der Waals surface area contributed by atoms with Gasteiger partial charge in [0.1, 0.15) is 6.04 Å². The number of ketones is 1. The molecule has 0 radical (unpaired) electrons. The number of nitrogens with one attached hydrogen (secondary N) is 1. The summed E-state index contributed by atoms with van der Waals surface area (Å²) in [6.07, 6.45) is 2.76. The van der Waals surface area contributed by atoms with Gasteiger partial charge < -0.3 is 0 Å². The molecule has 1 fully saturated rings. The maximum absolute atomic E-state index is 12.5. The summed E-state index contributed by atoms with van der Waals surface area (Å²) >= 11 is 0. The number of carbonyl (C=O) groups is 4. The Hall–Kier alpha value is -2.29. The quantitative estimate of drug-likeness (QED) is 0.685. The van der Waals surface area contributed by atoms with Gasteiger partial charge in [-0.1, -0.05) is 13.3 Å². The zero-order valence-electron chi connectivity index (χ0n) is 12.8. The summed E-state index contributed by atoms with van der Waals surface area (Å²) in [5.41, 5.74) is 2.67. The van der Waals surface area contributed by atoms with Crippen molar-refractivity contribution < 1.29 is 19.2 Å².